The van der Waals surface area contributed by atoms with Gasteiger partial charge >= 0.3 is 0 Å². The van der Waals surface area contributed by atoms with Crippen LogP contribution in [-0.4, -0.2) is 29.2 Å². The fourth-order valence-corrected chi connectivity index (χ4v) is 2.75. The molecule has 0 saturated carbocycles. The Morgan fingerprint density at radius 1 is 1.67 bits per heavy atom. The second-order valence-electron chi connectivity index (χ2n) is 3.28. The second kappa shape index (κ2) is 5.53. The number of thiophene rings is 1. The Morgan fingerprint density at radius 2 is 2.60 bits per heavy atom. The van der Waals surface area contributed by atoms with Crippen LogP contribution in [0, 0.1) is 0 Å². The Hall–Kier alpha value is -0.520. The van der Waals surface area contributed by atoms with Gasteiger partial charge in [0.2, 0.25) is 0 Å². The van der Waals surface area contributed by atoms with Crippen molar-refractivity contribution in [3.8, 4) is 0 Å². The number of hydrogen-bond acceptors (Lipinski definition) is 5. The van der Waals surface area contributed by atoms with Crippen LogP contribution in [0.5, 0.6) is 0 Å². The molecule has 1 aromatic heterocycles. The summed E-state index contributed by atoms with van der Waals surface area (Å²) in [5, 5.41) is 6.53. The second-order valence-corrected chi connectivity index (χ2v) is 5.57. The molecule has 1 aliphatic heterocycles. The predicted molar refractivity (Wildman–Crippen MR) is 68.3 cm³/mol. The molecule has 0 aromatic carbocycles. The number of hydrogen-bond donors (Lipinski definition) is 1. The molecule has 82 valence electrons. The van der Waals surface area contributed by atoms with Crippen molar-refractivity contribution < 1.29 is 0 Å². The maximum absolute atomic E-state index is 4.48. The number of rotatable bonds is 3. The number of nitrogens with one attached hydrogen (secondary N) is 1. The lowest BCUT2D eigenvalue weighted by Crippen LogP contribution is -2.41. The molecule has 5 heteroatoms. The largest absolute Gasteiger partial charge is 0.352 e. The lowest BCUT2D eigenvalue weighted by Gasteiger charge is -2.25. The van der Waals surface area contributed by atoms with Crippen LogP contribution >= 0.6 is 23.1 Å². The van der Waals surface area contributed by atoms with Gasteiger partial charge in [-0.15, -0.1) is 11.3 Å². The van der Waals surface area contributed by atoms with Crippen LogP contribution in [0.2, 0.25) is 0 Å². The van der Waals surface area contributed by atoms with Crippen molar-refractivity contribution >= 4 is 28.3 Å². The summed E-state index contributed by atoms with van der Waals surface area (Å²) in [5.74, 6) is 1.08. The van der Waals surface area contributed by atoms with E-state index in [-0.39, 0.29) is 0 Å². The van der Waals surface area contributed by atoms with Crippen LogP contribution in [-0.2, 0) is 6.54 Å². The van der Waals surface area contributed by atoms with Crippen LogP contribution in [0.4, 0.5) is 0 Å². The maximum atomic E-state index is 4.48. The highest BCUT2D eigenvalue weighted by Crippen LogP contribution is 2.13. The molecule has 1 aromatic rings. The van der Waals surface area contributed by atoms with Gasteiger partial charge in [0.05, 0.1) is 13.3 Å². The molecular weight excluding hydrogens is 226 g/mol. The van der Waals surface area contributed by atoms with Gasteiger partial charge in [-0.25, -0.2) is 4.99 Å². The van der Waals surface area contributed by atoms with Gasteiger partial charge in [0, 0.05) is 11.4 Å². The highest BCUT2D eigenvalue weighted by atomic mass is 32.2. The van der Waals surface area contributed by atoms with Gasteiger partial charge in [0.15, 0.2) is 5.17 Å². The van der Waals surface area contributed by atoms with E-state index in [1.807, 2.05) is 0 Å². The third-order valence-electron chi connectivity index (χ3n) is 2.11. The van der Waals surface area contributed by atoms with Gasteiger partial charge in [0.25, 0.3) is 0 Å². The number of amidine groups is 1. The molecule has 0 atom stereocenters. The van der Waals surface area contributed by atoms with Crippen LogP contribution in [0.1, 0.15) is 11.8 Å². The van der Waals surface area contributed by atoms with Crippen molar-refractivity contribution in [3.05, 3.63) is 22.4 Å². The van der Waals surface area contributed by atoms with Gasteiger partial charge in [0.1, 0.15) is 0 Å². The Labute approximate surface area is 98.6 Å². The minimum absolute atomic E-state index is 0.813. The molecule has 3 nitrogen and oxygen atoms in total. The van der Waals surface area contributed by atoms with E-state index in [1.165, 1.54) is 4.88 Å². The lowest BCUT2D eigenvalue weighted by atomic mass is 10.4. The number of aliphatic imine (C=N–C) groups is 1. The van der Waals surface area contributed by atoms with Crippen molar-refractivity contribution in [2.75, 3.05) is 19.1 Å². The van der Waals surface area contributed by atoms with E-state index in [2.05, 4.69) is 39.6 Å². The number of nitrogens with zero attached hydrogens (tertiary/aromatic N) is 2. The van der Waals surface area contributed by atoms with E-state index in [4.69, 9.17) is 0 Å². The van der Waals surface area contributed by atoms with Gasteiger partial charge in [-0.05, 0) is 17.2 Å². The highest BCUT2D eigenvalue weighted by molar-refractivity contribution is 8.13. The zero-order valence-corrected chi connectivity index (χ0v) is 10.4. The van der Waals surface area contributed by atoms with Crippen molar-refractivity contribution in [3.63, 3.8) is 0 Å². The summed E-state index contributed by atoms with van der Waals surface area (Å²) in [6, 6.07) is 4.27. The first kappa shape index (κ1) is 11.0. The molecule has 1 aliphatic rings. The van der Waals surface area contributed by atoms with E-state index in [1.54, 1.807) is 23.1 Å². The van der Waals surface area contributed by atoms with Crippen LogP contribution in [0.25, 0.3) is 0 Å². The first-order valence-corrected chi connectivity index (χ1v) is 6.91. The molecular formula is C10H15N3S2. The van der Waals surface area contributed by atoms with Crippen molar-refractivity contribution in [1.82, 2.24) is 10.2 Å². The minimum Gasteiger partial charge on any atom is -0.352 e. The third kappa shape index (κ3) is 3.22. The van der Waals surface area contributed by atoms with Gasteiger partial charge in [-0.2, -0.15) is 0 Å². The summed E-state index contributed by atoms with van der Waals surface area (Å²) >= 11 is 3.58. The fourth-order valence-electron chi connectivity index (χ4n) is 1.41. The third-order valence-corrected chi connectivity index (χ3v) is 3.81. The van der Waals surface area contributed by atoms with Gasteiger partial charge in [-0.3, -0.25) is 4.90 Å². The smallest absolute Gasteiger partial charge is 0.158 e. The van der Waals surface area contributed by atoms with E-state index in [0.717, 1.165) is 30.8 Å². The average molecular weight is 241 g/mol. The first-order chi connectivity index (χ1) is 7.38. The van der Waals surface area contributed by atoms with E-state index in [0.29, 0.717) is 0 Å². The van der Waals surface area contributed by atoms with Gasteiger partial charge < -0.3 is 5.32 Å². The lowest BCUT2D eigenvalue weighted by molar-refractivity contribution is 0.261. The topological polar surface area (TPSA) is 27.6 Å². The summed E-state index contributed by atoms with van der Waals surface area (Å²) in [5.41, 5.74) is 0. The summed E-state index contributed by atoms with van der Waals surface area (Å²) in [6.07, 6.45) is 0. The Morgan fingerprint density at radius 3 is 3.20 bits per heavy atom. The summed E-state index contributed by atoms with van der Waals surface area (Å²) in [7, 11) is 0. The molecule has 0 spiro atoms. The molecule has 0 fully saturated rings. The molecule has 0 radical (unpaired) electrons. The van der Waals surface area contributed by atoms with Crippen molar-refractivity contribution in [2.45, 2.75) is 13.5 Å². The zero-order valence-electron chi connectivity index (χ0n) is 8.77. The standard InChI is InChI=1S/C10H15N3S2/c1-2-14-10-11-7-13(8-12-10)6-9-4-3-5-15-9/h3-5H,2,6-8H2,1H3,(H,11,12). The maximum Gasteiger partial charge on any atom is 0.158 e. The molecule has 2 rings (SSSR count). The quantitative estimate of drug-likeness (QED) is 0.879. The molecule has 0 unspecified atom stereocenters. The average Bonchev–Trinajstić information content (AvgIpc) is 2.74. The molecule has 15 heavy (non-hydrogen) atoms. The number of thioether (sulfide) groups is 1. The molecule has 0 bridgehead atoms. The monoisotopic (exact) mass is 241 g/mol. The highest BCUT2D eigenvalue weighted by Gasteiger charge is 2.12. The minimum atomic E-state index is 0.813. The predicted octanol–water partition coefficient (Wildman–Crippen LogP) is 2.18. The van der Waals surface area contributed by atoms with Crippen molar-refractivity contribution in [2.24, 2.45) is 4.99 Å². The Bertz CT molecular complexity index is 321. The SMILES string of the molecule is CCSC1=NCN(Cc2cccs2)CN1. The van der Waals surface area contributed by atoms with Crippen molar-refractivity contribution in [1.29, 1.82) is 0 Å². The van der Waals surface area contributed by atoms with E-state index < -0.39 is 0 Å². The normalized spacial score (nSPS) is 17.3. The Kier molecular flexibility index (Phi) is 4.05. The Balaban J connectivity index is 1.83. The zero-order chi connectivity index (χ0) is 10.5. The van der Waals surface area contributed by atoms with Crippen LogP contribution in [0.15, 0.2) is 22.5 Å². The van der Waals surface area contributed by atoms with Gasteiger partial charge in [-0.1, -0.05) is 24.8 Å². The summed E-state index contributed by atoms with van der Waals surface area (Å²) in [4.78, 5) is 8.18. The first-order valence-electron chi connectivity index (χ1n) is 5.04. The van der Waals surface area contributed by atoms with E-state index in [9.17, 15) is 0 Å². The fraction of sp³-hybridized carbons (Fsp3) is 0.500. The molecule has 0 amide bonds. The van der Waals surface area contributed by atoms with Crippen LogP contribution < -0.4 is 5.32 Å². The molecule has 2 heterocycles. The molecule has 1 N–H and O–H groups in total. The summed E-state index contributed by atoms with van der Waals surface area (Å²) < 4.78 is 0. The van der Waals surface area contributed by atoms with Crippen LogP contribution in [0.3, 0.4) is 0 Å². The molecule has 0 aliphatic carbocycles. The molecule has 0 saturated heterocycles. The summed E-state index contributed by atoms with van der Waals surface area (Å²) in [6.45, 7) is 4.86. The van der Waals surface area contributed by atoms with E-state index >= 15 is 0 Å².